The summed E-state index contributed by atoms with van der Waals surface area (Å²) in [5, 5.41) is 12.8. The van der Waals surface area contributed by atoms with Crippen LogP contribution in [0.4, 0.5) is 0 Å². The van der Waals surface area contributed by atoms with Crippen molar-refractivity contribution in [3.05, 3.63) is 23.7 Å². The lowest BCUT2D eigenvalue weighted by Gasteiger charge is -2.70. The Labute approximate surface area is 277 Å². The zero-order chi connectivity index (χ0) is 33.0. The molecule has 1 aromatic heterocycles. The number of hydrogen-bond acceptors (Lipinski definition) is 9. The summed E-state index contributed by atoms with van der Waals surface area (Å²) in [5.74, 6) is -1.08. The van der Waals surface area contributed by atoms with Crippen molar-refractivity contribution < 1.29 is 42.9 Å². The van der Waals surface area contributed by atoms with Gasteiger partial charge >= 0.3 is 11.9 Å². The molecule has 4 saturated heterocycles. The summed E-state index contributed by atoms with van der Waals surface area (Å²) in [7, 11) is 0. The van der Waals surface area contributed by atoms with Gasteiger partial charge in [-0.05, 0) is 63.9 Å². The van der Waals surface area contributed by atoms with E-state index in [9.17, 15) is 19.5 Å². The summed E-state index contributed by atoms with van der Waals surface area (Å²) >= 11 is 0. The van der Waals surface area contributed by atoms with Crippen LogP contribution in [-0.2, 0) is 39.8 Å². The molecule has 9 nitrogen and oxygen atoms in total. The molecule has 9 heteroatoms. The molecule has 1 N–H and O–H groups in total. The molecule has 7 fully saturated rings. The maximum atomic E-state index is 15.0. The van der Waals surface area contributed by atoms with Crippen molar-refractivity contribution in [2.45, 2.75) is 153 Å². The number of aryl methyl sites for hydroxylation is 1. The van der Waals surface area contributed by atoms with E-state index < -0.39 is 63.8 Å². The first kappa shape index (κ1) is 32.0. The number of ether oxygens (including phenoxy) is 4. The maximum absolute atomic E-state index is 15.0. The third-order valence-electron chi connectivity index (χ3n) is 14.3. The van der Waals surface area contributed by atoms with E-state index in [0.717, 1.165) is 62.7 Å². The second-order valence-corrected chi connectivity index (χ2v) is 16.7. The normalized spacial score (nSPS) is 45.2. The number of hydrogen-bond donors (Lipinski definition) is 1. The van der Waals surface area contributed by atoms with Crippen molar-refractivity contribution >= 4 is 17.7 Å². The summed E-state index contributed by atoms with van der Waals surface area (Å²) in [4.78, 5) is 41.8. The Balaban J connectivity index is 1.28. The molecule has 258 valence electrons. The van der Waals surface area contributed by atoms with Crippen molar-refractivity contribution in [3.8, 4) is 0 Å². The molecule has 2 spiro atoms. The first-order valence-corrected chi connectivity index (χ1v) is 18.5. The van der Waals surface area contributed by atoms with E-state index in [1.54, 1.807) is 6.26 Å². The minimum Gasteiger partial charge on any atom is -0.469 e. The molecule has 0 aromatic carbocycles. The van der Waals surface area contributed by atoms with E-state index in [0.29, 0.717) is 12.8 Å². The van der Waals surface area contributed by atoms with E-state index in [2.05, 4.69) is 13.8 Å². The largest absolute Gasteiger partial charge is 0.469 e. The highest BCUT2D eigenvalue weighted by Crippen LogP contribution is 2.82. The number of carbonyl (C=O) groups excluding carboxylic acids is 3. The average Bonchev–Trinajstić information content (AvgIpc) is 3.57. The summed E-state index contributed by atoms with van der Waals surface area (Å²) in [6.45, 7) is 8.28. The molecule has 4 aliphatic heterocycles. The van der Waals surface area contributed by atoms with Gasteiger partial charge < -0.3 is 28.5 Å². The fraction of sp³-hybridized carbons (Fsp3) is 0.816. The van der Waals surface area contributed by atoms with Gasteiger partial charge in [0.2, 0.25) is 0 Å². The lowest BCUT2D eigenvalue weighted by Crippen LogP contribution is -2.79. The summed E-state index contributed by atoms with van der Waals surface area (Å²) < 4.78 is 31.9. The zero-order valence-electron chi connectivity index (χ0n) is 28.5. The van der Waals surface area contributed by atoms with E-state index in [1.165, 1.54) is 19.3 Å². The number of aliphatic hydroxyl groups excluding tert-OH is 1. The van der Waals surface area contributed by atoms with Crippen LogP contribution < -0.4 is 0 Å². The van der Waals surface area contributed by atoms with Crippen molar-refractivity contribution in [2.24, 2.45) is 34.0 Å². The molecule has 1 aromatic rings. The molecule has 0 amide bonds. The van der Waals surface area contributed by atoms with Crippen LogP contribution in [0.2, 0.25) is 0 Å². The number of Topliss-reactive ketones (excluding diaryl/α,β-unsaturated/α-hetero) is 1. The number of furan rings is 1. The second-order valence-electron chi connectivity index (χ2n) is 16.7. The van der Waals surface area contributed by atoms with Gasteiger partial charge in [0.25, 0.3) is 0 Å². The van der Waals surface area contributed by atoms with Crippen LogP contribution in [0.25, 0.3) is 0 Å². The minimum absolute atomic E-state index is 0.0453. The molecule has 3 saturated carbocycles. The summed E-state index contributed by atoms with van der Waals surface area (Å²) in [6, 6.07) is 1.95. The van der Waals surface area contributed by atoms with Crippen LogP contribution in [0, 0.1) is 34.0 Å². The topological polar surface area (TPSA) is 125 Å². The Hall–Kier alpha value is -2.23. The number of carbonyl (C=O) groups is 3. The molecule has 5 heterocycles. The highest BCUT2D eigenvalue weighted by Gasteiger charge is 2.92. The minimum atomic E-state index is -1.34. The molecule has 3 aliphatic carbocycles. The molecular weight excluding hydrogens is 600 g/mol. The molecule has 47 heavy (non-hydrogen) atoms. The van der Waals surface area contributed by atoms with Gasteiger partial charge in [-0.15, -0.1) is 0 Å². The maximum Gasteiger partial charge on any atom is 0.339 e. The van der Waals surface area contributed by atoms with Crippen molar-refractivity contribution in [2.75, 3.05) is 6.61 Å². The Morgan fingerprint density at radius 1 is 0.936 bits per heavy atom. The number of rotatable bonds is 8. The zero-order valence-corrected chi connectivity index (χ0v) is 28.5. The fourth-order valence-corrected chi connectivity index (χ4v) is 12.7. The van der Waals surface area contributed by atoms with Gasteiger partial charge in [0.1, 0.15) is 30.2 Å². The van der Waals surface area contributed by atoms with Crippen LogP contribution in [0.15, 0.2) is 16.7 Å². The molecule has 7 aliphatic rings. The summed E-state index contributed by atoms with van der Waals surface area (Å²) in [5.41, 5.74) is -3.71. The van der Waals surface area contributed by atoms with Gasteiger partial charge in [-0.2, -0.15) is 0 Å². The molecule has 0 unspecified atom stereocenters. The van der Waals surface area contributed by atoms with Gasteiger partial charge in [0.05, 0.1) is 30.3 Å². The highest BCUT2D eigenvalue weighted by molar-refractivity contribution is 5.92. The third-order valence-corrected chi connectivity index (χ3v) is 14.3. The van der Waals surface area contributed by atoms with E-state index in [4.69, 9.17) is 23.4 Å². The SMILES string of the molecule is CCCCCCCc1occc1[C@@H]1OC(=O)[C@H]2O[C@]23[C@]2(C4CCCCC4)[C@H](O)C(=O)[C@@H]4C(C)(C)O[C@H]5CC(=O)OC[C@]54[C@H]2CC[C@@]13C. The van der Waals surface area contributed by atoms with Crippen molar-refractivity contribution in [1.29, 1.82) is 0 Å². The Bertz CT molecular complexity index is 1440. The standard InChI is InChI=1S/C38H52O9/c1-5-6-7-8-12-15-24-23(17-19-43-24)31-35(4)18-16-25-36-21-44-27(39)20-26(36)46-34(2,3)29(36)28(40)30(41)37(25,22-13-10-9-11-14-22)38(35)32(47-38)33(42)45-31/h17,19,22,25-26,29-32,41H,5-16,18,20-21H2,1-4H3/t25-,26+,29-,30-,31+,32-,35+,36+,37+,38-/m1/s1. The molecule has 0 radical (unpaired) electrons. The number of epoxide rings is 1. The van der Waals surface area contributed by atoms with Crippen LogP contribution in [0.3, 0.4) is 0 Å². The van der Waals surface area contributed by atoms with Gasteiger partial charge in [-0.25, -0.2) is 4.79 Å². The summed E-state index contributed by atoms with van der Waals surface area (Å²) in [6.07, 6.45) is 11.0. The highest BCUT2D eigenvalue weighted by atomic mass is 16.7. The predicted octanol–water partition coefficient (Wildman–Crippen LogP) is 6.18. The lowest BCUT2D eigenvalue weighted by molar-refractivity contribution is -0.275. The fourth-order valence-electron chi connectivity index (χ4n) is 12.7. The number of fused-ring (bicyclic) bond motifs is 1. The first-order chi connectivity index (χ1) is 22.5. The molecule has 0 bridgehead atoms. The van der Waals surface area contributed by atoms with Gasteiger partial charge in [0.15, 0.2) is 11.9 Å². The van der Waals surface area contributed by atoms with Crippen LogP contribution in [0.1, 0.15) is 129 Å². The number of esters is 2. The Morgan fingerprint density at radius 2 is 1.70 bits per heavy atom. The molecule has 8 rings (SSSR count). The van der Waals surface area contributed by atoms with Crippen LogP contribution >= 0.6 is 0 Å². The van der Waals surface area contributed by atoms with Gasteiger partial charge in [-0.3, -0.25) is 9.59 Å². The number of ketones is 1. The van der Waals surface area contributed by atoms with Gasteiger partial charge in [-0.1, -0.05) is 58.8 Å². The van der Waals surface area contributed by atoms with Crippen molar-refractivity contribution in [3.63, 3.8) is 0 Å². The van der Waals surface area contributed by atoms with Gasteiger partial charge in [0, 0.05) is 28.2 Å². The second kappa shape index (κ2) is 10.9. The molecule has 10 atom stereocenters. The Morgan fingerprint density at radius 3 is 2.47 bits per heavy atom. The van der Waals surface area contributed by atoms with Crippen molar-refractivity contribution in [1.82, 2.24) is 0 Å². The van der Waals surface area contributed by atoms with Crippen LogP contribution in [-0.4, -0.2) is 58.9 Å². The third kappa shape index (κ3) is 3.97. The van der Waals surface area contributed by atoms with E-state index in [1.807, 2.05) is 19.9 Å². The average molecular weight is 653 g/mol. The molecular formula is C38H52O9. The first-order valence-electron chi connectivity index (χ1n) is 18.5. The lowest BCUT2D eigenvalue weighted by atomic mass is 9.33. The Kier molecular flexibility index (Phi) is 7.41. The number of unbranched alkanes of at least 4 members (excludes halogenated alkanes) is 4. The van der Waals surface area contributed by atoms with E-state index >= 15 is 0 Å². The number of cyclic esters (lactones) is 2. The van der Waals surface area contributed by atoms with E-state index in [-0.39, 0.29) is 36.6 Å². The van der Waals surface area contributed by atoms with Crippen LogP contribution in [0.5, 0.6) is 0 Å². The predicted molar refractivity (Wildman–Crippen MR) is 169 cm³/mol. The smallest absolute Gasteiger partial charge is 0.339 e. The monoisotopic (exact) mass is 652 g/mol. The quantitative estimate of drug-likeness (QED) is 0.199. The number of aliphatic hydroxyl groups is 1.